The molecule has 4 nitrogen and oxygen atoms in total. The number of likely N-dealkylation sites (tertiary alicyclic amines) is 1. The maximum atomic E-state index is 5.77. The molecular formula is C13H25BrN2O2. The molecule has 0 unspecified atom stereocenters. The maximum Gasteiger partial charge on any atom is 0.0599 e. The van der Waals surface area contributed by atoms with Crippen LogP contribution in [0.1, 0.15) is 12.8 Å². The lowest BCUT2D eigenvalue weighted by atomic mass is 10.1. The third-order valence-electron chi connectivity index (χ3n) is 3.80. The van der Waals surface area contributed by atoms with Crippen LogP contribution in [0.4, 0.5) is 0 Å². The first kappa shape index (κ1) is 14.7. The van der Waals surface area contributed by atoms with Gasteiger partial charge in [-0.25, -0.2) is 0 Å². The molecular weight excluding hydrogens is 296 g/mol. The zero-order valence-electron chi connectivity index (χ0n) is 11.2. The molecule has 2 aliphatic rings. The van der Waals surface area contributed by atoms with Crippen molar-refractivity contribution in [2.45, 2.75) is 18.9 Å². The third-order valence-corrected chi connectivity index (χ3v) is 4.13. The van der Waals surface area contributed by atoms with Crippen LogP contribution in [-0.2, 0) is 9.47 Å². The molecule has 2 aliphatic heterocycles. The van der Waals surface area contributed by atoms with E-state index in [1.807, 2.05) is 0 Å². The summed E-state index contributed by atoms with van der Waals surface area (Å²) in [6.45, 7) is 9.63. The Labute approximate surface area is 119 Å². The Morgan fingerprint density at radius 2 is 1.61 bits per heavy atom. The number of piperidine rings is 1. The van der Waals surface area contributed by atoms with Crippen molar-refractivity contribution < 1.29 is 9.47 Å². The molecule has 0 aromatic carbocycles. The number of hydrogen-bond acceptors (Lipinski definition) is 4. The number of morpholine rings is 1. The van der Waals surface area contributed by atoms with E-state index < -0.39 is 0 Å². The third kappa shape index (κ3) is 5.13. The molecule has 5 heteroatoms. The number of nitrogens with zero attached hydrogens (tertiary/aromatic N) is 2. The van der Waals surface area contributed by atoms with E-state index in [4.69, 9.17) is 9.47 Å². The van der Waals surface area contributed by atoms with Crippen LogP contribution in [0.5, 0.6) is 0 Å². The quantitative estimate of drug-likeness (QED) is 0.686. The van der Waals surface area contributed by atoms with Gasteiger partial charge >= 0.3 is 0 Å². The van der Waals surface area contributed by atoms with Gasteiger partial charge in [-0.15, -0.1) is 0 Å². The normalized spacial score (nSPS) is 24.5. The van der Waals surface area contributed by atoms with Crippen LogP contribution in [-0.4, -0.2) is 80.3 Å². The molecule has 2 rings (SSSR count). The number of hydrogen-bond donors (Lipinski definition) is 0. The summed E-state index contributed by atoms with van der Waals surface area (Å²) in [7, 11) is 0. The van der Waals surface area contributed by atoms with Crippen LogP contribution in [0.3, 0.4) is 0 Å². The molecule has 0 aliphatic carbocycles. The Hall–Kier alpha value is 0.320. The van der Waals surface area contributed by atoms with E-state index >= 15 is 0 Å². The summed E-state index contributed by atoms with van der Waals surface area (Å²) in [5.74, 6) is 0. The van der Waals surface area contributed by atoms with Crippen LogP contribution in [0, 0.1) is 0 Å². The van der Waals surface area contributed by atoms with Crippen molar-refractivity contribution in [2.75, 3.05) is 64.4 Å². The van der Waals surface area contributed by atoms with Crippen LogP contribution < -0.4 is 0 Å². The van der Waals surface area contributed by atoms with Crippen LogP contribution in [0.2, 0.25) is 0 Å². The van der Waals surface area contributed by atoms with E-state index in [2.05, 4.69) is 25.7 Å². The number of rotatable bonds is 6. The fourth-order valence-electron chi connectivity index (χ4n) is 2.62. The van der Waals surface area contributed by atoms with Gasteiger partial charge in [-0.2, -0.15) is 0 Å². The zero-order chi connectivity index (χ0) is 12.6. The first-order chi connectivity index (χ1) is 8.88. The molecule has 2 heterocycles. The monoisotopic (exact) mass is 320 g/mol. The van der Waals surface area contributed by atoms with Gasteiger partial charge in [0.05, 0.1) is 25.9 Å². The van der Waals surface area contributed by atoms with E-state index in [0.29, 0.717) is 6.10 Å². The second-order valence-corrected chi connectivity index (χ2v) is 5.85. The highest BCUT2D eigenvalue weighted by atomic mass is 79.9. The molecule has 106 valence electrons. The summed E-state index contributed by atoms with van der Waals surface area (Å²) in [5.41, 5.74) is 0. The van der Waals surface area contributed by atoms with E-state index in [1.54, 1.807) is 0 Å². The van der Waals surface area contributed by atoms with E-state index in [0.717, 1.165) is 38.2 Å². The lowest BCUT2D eigenvalue weighted by molar-refractivity contribution is 0.00664. The Bertz CT molecular complexity index is 217. The van der Waals surface area contributed by atoms with Crippen molar-refractivity contribution in [1.29, 1.82) is 0 Å². The summed E-state index contributed by atoms with van der Waals surface area (Å²) in [5, 5.41) is 0.949. The van der Waals surface area contributed by atoms with Crippen molar-refractivity contribution in [3.8, 4) is 0 Å². The molecule has 0 N–H and O–H groups in total. The molecule has 0 aromatic heterocycles. The van der Waals surface area contributed by atoms with Gasteiger partial charge in [0.2, 0.25) is 0 Å². The standard InChI is InChI=1S/C13H25BrN2O2/c14-3-10-18-13-1-4-15(5-2-13)6-7-16-8-11-17-12-9-16/h13H,1-12H2. The summed E-state index contributed by atoms with van der Waals surface area (Å²) in [6, 6.07) is 0. The summed E-state index contributed by atoms with van der Waals surface area (Å²) >= 11 is 3.41. The minimum absolute atomic E-state index is 0.488. The fourth-order valence-corrected chi connectivity index (χ4v) is 2.81. The van der Waals surface area contributed by atoms with Crippen molar-refractivity contribution in [3.63, 3.8) is 0 Å². The largest absolute Gasteiger partial charge is 0.379 e. The van der Waals surface area contributed by atoms with E-state index in [1.165, 1.54) is 39.0 Å². The molecule has 18 heavy (non-hydrogen) atoms. The van der Waals surface area contributed by atoms with Gasteiger partial charge in [-0.1, -0.05) is 15.9 Å². The minimum atomic E-state index is 0.488. The average Bonchev–Trinajstić information content (AvgIpc) is 2.45. The predicted octanol–water partition coefficient (Wildman–Crippen LogP) is 1.19. The minimum Gasteiger partial charge on any atom is -0.379 e. The summed E-state index contributed by atoms with van der Waals surface area (Å²) < 4.78 is 11.1. The van der Waals surface area contributed by atoms with Gasteiger partial charge in [-0.05, 0) is 12.8 Å². The van der Waals surface area contributed by atoms with Crippen molar-refractivity contribution in [3.05, 3.63) is 0 Å². The molecule has 2 fully saturated rings. The average molecular weight is 321 g/mol. The zero-order valence-corrected chi connectivity index (χ0v) is 12.7. The highest BCUT2D eigenvalue weighted by Gasteiger charge is 2.20. The van der Waals surface area contributed by atoms with Gasteiger partial charge in [0, 0.05) is 44.6 Å². The lowest BCUT2D eigenvalue weighted by Crippen LogP contribution is -2.44. The molecule has 0 bridgehead atoms. The van der Waals surface area contributed by atoms with Crippen molar-refractivity contribution in [1.82, 2.24) is 9.80 Å². The molecule has 0 spiro atoms. The van der Waals surface area contributed by atoms with Crippen LogP contribution in [0.15, 0.2) is 0 Å². The summed E-state index contributed by atoms with van der Waals surface area (Å²) in [4.78, 5) is 5.08. The predicted molar refractivity (Wildman–Crippen MR) is 76.5 cm³/mol. The van der Waals surface area contributed by atoms with Gasteiger partial charge in [0.1, 0.15) is 0 Å². The molecule has 0 radical (unpaired) electrons. The van der Waals surface area contributed by atoms with Gasteiger partial charge in [0.15, 0.2) is 0 Å². The Morgan fingerprint density at radius 3 is 2.22 bits per heavy atom. The number of alkyl halides is 1. The molecule has 0 amide bonds. The van der Waals surface area contributed by atoms with Gasteiger partial charge < -0.3 is 14.4 Å². The lowest BCUT2D eigenvalue weighted by Gasteiger charge is -2.34. The van der Waals surface area contributed by atoms with E-state index in [-0.39, 0.29) is 0 Å². The molecule has 0 aromatic rings. The second-order valence-electron chi connectivity index (χ2n) is 5.05. The number of halogens is 1. The Morgan fingerprint density at radius 1 is 1.00 bits per heavy atom. The second kappa shape index (κ2) is 8.48. The topological polar surface area (TPSA) is 24.9 Å². The maximum absolute atomic E-state index is 5.77. The van der Waals surface area contributed by atoms with Crippen LogP contribution in [0.25, 0.3) is 0 Å². The molecule has 2 saturated heterocycles. The fraction of sp³-hybridized carbons (Fsp3) is 1.00. The van der Waals surface area contributed by atoms with Crippen LogP contribution >= 0.6 is 15.9 Å². The first-order valence-electron chi connectivity index (χ1n) is 7.08. The highest BCUT2D eigenvalue weighted by molar-refractivity contribution is 9.09. The Kier molecular flexibility index (Phi) is 6.94. The number of ether oxygens (including phenoxy) is 2. The van der Waals surface area contributed by atoms with E-state index in [9.17, 15) is 0 Å². The van der Waals surface area contributed by atoms with Gasteiger partial charge in [-0.3, -0.25) is 4.90 Å². The van der Waals surface area contributed by atoms with Crippen molar-refractivity contribution in [2.24, 2.45) is 0 Å². The molecule has 0 atom stereocenters. The smallest absolute Gasteiger partial charge is 0.0599 e. The first-order valence-corrected chi connectivity index (χ1v) is 8.20. The van der Waals surface area contributed by atoms with Crippen molar-refractivity contribution >= 4 is 15.9 Å². The van der Waals surface area contributed by atoms with Gasteiger partial charge in [0.25, 0.3) is 0 Å². The molecule has 0 saturated carbocycles. The highest BCUT2D eigenvalue weighted by Crippen LogP contribution is 2.13. The Balaban J connectivity index is 1.55. The summed E-state index contributed by atoms with van der Waals surface area (Å²) in [6.07, 6.45) is 2.87. The SMILES string of the molecule is BrCCOC1CCN(CCN2CCOCC2)CC1.